The molecule has 0 amide bonds. The summed E-state index contributed by atoms with van der Waals surface area (Å²) in [6.45, 7) is 3.39. The minimum absolute atomic E-state index is 0.00374. The lowest BCUT2D eigenvalue weighted by Gasteiger charge is -2.28. The molecule has 0 unspecified atom stereocenters. The number of hydrogen-bond acceptors (Lipinski definition) is 5. The first kappa shape index (κ1) is 15.5. The zero-order valence-corrected chi connectivity index (χ0v) is 14.9. The standard InChI is InChI=1S/C20H17N3O2S/c24-19-18(26-20-21-16-3-1-2-4-17(16)23(19)20)13-14-5-7-15(8-6-14)22-9-11-25-12-10-22/h1-8,13H,9-12H2/b18-13+. The summed E-state index contributed by atoms with van der Waals surface area (Å²) in [4.78, 5) is 20.4. The summed E-state index contributed by atoms with van der Waals surface area (Å²) in [5, 5.41) is 0. The Morgan fingerprint density at radius 2 is 1.81 bits per heavy atom. The van der Waals surface area contributed by atoms with Crippen LogP contribution in [0.4, 0.5) is 5.69 Å². The van der Waals surface area contributed by atoms with E-state index in [9.17, 15) is 4.79 Å². The highest BCUT2D eigenvalue weighted by Crippen LogP contribution is 2.18. The second-order valence-electron chi connectivity index (χ2n) is 6.33. The van der Waals surface area contributed by atoms with Gasteiger partial charge in [0.2, 0.25) is 0 Å². The molecule has 5 rings (SSSR count). The van der Waals surface area contributed by atoms with Gasteiger partial charge in [0.1, 0.15) is 0 Å². The zero-order chi connectivity index (χ0) is 17.5. The summed E-state index contributed by atoms with van der Waals surface area (Å²) in [6.07, 6.45) is 1.94. The number of benzene rings is 2. The van der Waals surface area contributed by atoms with Gasteiger partial charge in [-0.2, -0.15) is 0 Å². The minimum Gasteiger partial charge on any atom is -0.378 e. The molecule has 4 aromatic rings. The van der Waals surface area contributed by atoms with Gasteiger partial charge in [-0.15, -0.1) is 0 Å². The predicted molar refractivity (Wildman–Crippen MR) is 105 cm³/mol. The zero-order valence-electron chi connectivity index (χ0n) is 14.1. The third-order valence-electron chi connectivity index (χ3n) is 4.71. The number of para-hydroxylation sites is 2. The van der Waals surface area contributed by atoms with E-state index in [4.69, 9.17) is 4.74 Å². The van der Waals surface area contributed by atoms with Crippen LogP contribution in [-0.4, -0.2) is 35.7 Å². The summed E-state index contributed by atoms with van der Waals surface area (Å²) >= 11 is 1.43. The van der Waals surface area contributed by atoms with Gasteiger partial charge in [0.15, 0.2) is 4.96 Å². The summed E-state index contributed by atoms with van der Waals surface area (Å²) in [5.41, 5.74) is 3.94. The molecule has 5 nitrogen and oxygen atoms in total. The Balaban J connectivity index is 1.54. The summed E-state index contributed by atoms with van der Waals surface area (Å²) in [7, 11) is 0. The fourth-order valence-corrected chi connectivity index (χ4v) is 4.35. The summed E-state index contributed by atoms with van der Waals surface area (Å²) in [5.74, 6) is 0. The molecule has 1 aliphatic rings. The fourth-order valence-electron chi connectivity index (χ4n) is 3.37. The van der Waals surface area contributed by atoms with E-state index in [2.05, 4.69) is 34.1 Å². The van der Waals surface area contributed by atoms with E-state index in [1.807, 2.05) is 30.3 Å². The highest BCUT2D eigenvalue weighted by atomic mass is 32.1. The first-order chi connectivity index (χ1) is 12.8. The van der Waals surface area contributed by atoms with Gasteiger partial charge in [-0.05, 0) is 35.9 Å². The second-order valence-corrected chi connectivity index (χ2v) is 7.33. The average molecular weight is 363 g/mol. The monoisotopic (exact) mass is 363 g/mol. The molecule has 0 atom stereocenters. The molecule has 0 N–H and O–H groups in total. The van der Waals surface area contributed by atoms with Crippen molar-refractivity contribution in [2.24, 2.45) is 0 Å². The molecule has 26 heavy (non-hydrogen) atoms. The molecular weight excluding hydrogens is 346 g/mol. The van der Waals surface area contributed by atoms with Crippen LogP contribution in [-0.2, 0) is 4.74 Å². The molecule has 6 heteroatoms. The number of thiazole rings is 1. The predicted octanol–water partition coefficient (Wildman–Crippen LogP) is 2.29. The van der Waals surface area contributed by atoms with Gasteiger partial charge < -0.3 is 9.64 Å². The summed E-state index contributed by atoms with van der Waals surface area (Å²) in [6, 6.07) is 16.1. The molecule has 3 heterocycles. The molecule has 130 valence electrons. The van der Waals surface area contributed by atoms with E-state index in [-0.39, 0.29) is 5.56 Å². The number of aromatic nitrogens is 2. The molecule has 1 aliphatic heterocycles. The SMILES string of the molecule is O=c1/c(=C\c2ccc(N3CCOCC3)cc2)sc2nc3ccccc3n12. The van der Waals surface area contributed by atoms with Gasteiger partial charge in [-0.1, -0.05) is 35.6 Å². The third-order valence-corrected chi connectivity index (χ3v) is 5.68. The number of anilines is 1. The van der Waals surface area contributed by atoms with Crippen LogP contribution >= 0.6 is 11.3 Å². The van der Waals surface area contributed by atoms with Crippen LogP contribution in [0, 0.1) is 0 Å². The number of hydrogen-bond donors (Lipinski definition) is 0. The fraction of sp³-hybridized carbons (Fsp3) is 0.200. The largest absolute Gasteiger partial charge is 0.378 e. The Hall–Kier alpha value is -2.70. The highest BCUT2D eigenvalue weighted by molar-refractivity contribution is 7.15. The third kappa shape index (κ3) is 2.58. The normalized spacial score (nSPS) is 16.0. The Bertz CT molecular complexity index is 1190. The van der Waals surface area contributed by atoms with Gasteiger partial charge in [0, 0.05) is 18.8 Å². The first-order valence-corrected chi connectivity index (χ1v) is 9.46. The van der Waals surface area contributed by atoms with Crippen molar-refractivity contribution < 1.29 is 4.74 Å². The lowest BCUT2D eigenvalue weighted by Crippen LogP contribution is -2.36. The molecule has 2 aromatic carbocycles. The molecule has 0 bridgehead atoms. The van der Waals surface area contributed by atoms with Crippen molar-refractivity contribution in [2.75, 3.05) is 31.2 Å². The van der Waals surface area contributed by atoms with Crippen molar-refractivity contribution >= 4 is 39.1 Å². The van der Waals surface area contributed by atoms with E-state index in [0.717, 1.165) is 47.9 Å². The number of morpholine rings is 1. The van der Waals surface area contributed by atoms with Crippen LogP contribution in [0.15, 0.2) is 53.3 Å². The van der Waals surface area contributed by atoms with Gasteiger partial charge in [0.25, 0.3) is 5.56 Å². The van der Waals surface area contributed by atoms with Crippen molar-refractivity contribution in [3.8, 4) is 0 Å². The van der Waals surface area contributed by atoms with Crippen molar-refractivity contribution in [1.29, 1.82) is 0 Å². The van der Waals surface area contributed by atoms with Crippen LogP contribution in [0.5, 0.6) is 0 Å². The van der Waals surface area contributed by atoms with E-state index in [1.165, 1.54) is 17.0 Å². The molecular formula is C20H17N3O2S. The lowest BCUT2D eigenvalue weighted by atomic mass is 10.2. The number of imidazole rings is 1. The van der Waals surface area contributed by atoms with Crippen LogP contribution in [0.1, 0.15) is 5.56 Å². The Morgan fingerprint density at radius 1 is 1.04 bits per heavy atom. The molecule has 1 fully saturated rings. The molecule has 0 radical (unpaired) electrons. The topological polar surface area (TPSA) is 46.8 Å². The van der Waals surface area contributed by atoms with Gasteiger partial charge >= 0.3 is 0 Å². The molecule has 0 aliphatic carbocycles. The number of nitrogens with zero attached hydrogens (tertiary/aromatic N) is 3. The second kappa shape index (κ2) is 6.23. The van der Waals surface area contributed by atoms with Crippen molar-refractivity contribution in [3.05, 3.63) is 69.0 Å². The van der Waals surface area contributed by atoms with E-state index >= 15 is 0 Å². The van der Waals surface area contributed by atoms with E-state index < -0.39 is 0 Å². The lowest BCUT2D eigenvalue weighted by molar-refractivity contribution is 0.122. The first-order valence-electron chi connectivity index (χ1n) is 8.64. The quantitative estimate of drug-likeness (QED) is 0.548. The smallest absolute Gasteiger partial charge is 0.274 e. The van der Waals surface area contributed by atoms with Gasteiger partial charge in [-0.3, -0.25) is 4.79 Å². The van der Waals surface area contributed by atoms with Crippen LogP contribution in [0.2, 0.25) is 0 Å². The maximum Gasteiger partial charge on any atom is 0.274 e. The van der Waals surface area contributed by atoms with Crippen molar-refractivity contribution in [1.82, 2.24) is 9.38 Å². The minimum atomic E-state index is -0.00374. The van der Waals surface area contributed by atoms with Crippen LogP contribution in [0.3, 0.4) is 0 Å². The number of fused-ring (bicyclic) bond motifs is 3. The van der Waals surface area contributed by atoms with Gasteiger partial charge in [0.05, 0.1) is 28.8 Å². The molecule has 0 saturated carbocycles. The van der Waals surface area contributed by atoms with E-state index in [0.29, 0.717) is 4.53 Å². The van der Waals surface area contributed by atoms with Crippen molar-refractivity contribution in [3.63, 3.8) is 0 Å². The maximum atomic E-state index is 12.8. The molecule has 2 aromatic heterocycles. The number of rotatable bonds is 2. The molecule has 1 saturated heterocycles. The Morgan fingerprint density at radius 3 is 2.62 bits per heavy atom. The summed E-state index contributed by atoms with van der Waals surface area (Å²) < 4.78 is 7.81. The average Bonchev–Trinajstić information content (AvgIpc) is 3.20. The Kier molecular flexibility index (Phi) is 3.72. The molecule has 0 spiro atoms. The van der Waals surface area contributed by atoms with Crippen molar-refractivity contribution in [2.45, 2.75) is 0 Å². The van der Waals surface area contributed by atoms with Crippen LogP contribution in [0.25, 0.3) is 22.1 Å². The van der Waals surface area contributed by atoms with Crippen LogP contribution < -0.4 is 15.0 Å². The van der Waals surface area contributed by atoms with Gasteiger partial charge in [-0.25, -0.2) is 9.38 Å². The Labute approximate surface area is 153 Å². The highest BCUT2D eigenvalue weighted by Gasteiger charge is 2.12. The maximum absolute atomic E-state index is 12.8. The van der Waals surface area contributed by atoms with E-state index in [1.54, 1.807) is 4.40 Å². The number of ether oxygens (including phenoxy) is 1.